The predicted octanol–water partition coefficient (Wildman–Crippen LogP) is 3.35. The maximum absolute atomic E-state index is 12.4. The Balaban J connectivity index is 1.61. The normalized spacial score (nSPS) is 10.6. The molecule has 0 bridgehead atoms. The Bertz CT molecular complexity index is 954. The van der Waals surface area contributed by atoms with Crippen molar-refractivity contribution in [2.24, 2.45) is 0 Å². The van der Waals surface area contributed by atoms with Crippen molar-refractivity contribution < 1.29 is 19.4 Å². The summed E-state index contributed by atoms with van der Waals surface area (Å²) in [5.74, 6) is 0.815. The molecule has 7 heteroatoms. The third-order valence-electron chi connectivity index (χ3n) is 4.24. The van der Waals surface area contributed by atoms with Crippen LogP contribution in [0.3, 0.4) is 0 Å². The maximum atomic E-state index is 12.4. The van der Waals surface area contributed by atoms with E-state index in [-0.39, 0.29) is 11.4 Å². The summed E-state index contributed by atoms with van der Waals surface area (Å²) in [5, 5.41) is 17.1. The van der Waals surface area contributed by atoms with Crippen molar-refractivity contribution in [2.75, 3.05) is 19.8 Å². The zero-order valence-electron chi connectivity index (χ0n) is 16.6. The molecular weight excluding hydrogens is 370 g/mol. The Hall–Kier alpha value is -3.48. The number of aromatic hydroxyl groups is 1. The maximum Gasteiger partial charge on any atom is 0.275 e. The number of ether oxygens (including phenoxy) is 2. The molecule has 7 nitrogen and oxygen atoms in total. The van der Waals surface area contributed by atoms with E-state index in [1.54, 1.807) is 0 Å². The van der Waals surface area contributed by atoms with Crippen molar-refractivity contribution in [2.45, 2.75) is 20.3 Å². The second-order valence-electron chi connectivity index (χ2n) is 6.30. The van der Waals surface area contributed by atoms with Gasteiger partial charge in [-0.2, -0.15) is 5.10 Å². The SMILES string of the molecule is CCOc1ccc(CCNC(=O)c2nn(-c3ccccc3)cc2O)cc1OCC. The molecule has 0 aliphatic carbocycles. The number of hydrogen-bond donors (Lipinski definition) is 2. The number of aromatic nitrogens is 2. The summed E-state index contributed by atoms with van der Waals surface area (Å²) >= 11 is 0. The summed E-state index contributed by atoms with van der Waals surface area (Å²) in [6.07, 6.45) is 2.03. The first kappa shape index (κ1) is 20.3. The number of para-hydroxylation sites is 1. The minimum Gasteiger partial charge on any atom is -0.504 e. The second-order valence-corrected chi connectivity index (χ2v) is 6.30. The first-order valence-electron chi connectivity index (χ1n) is 9.63. The highest BCUT2D eigenvalue weighted by Crippen LogP contribution is 2.28. The number of benzene rings is 2. The van der Waals surface area contributed by atoms with Crippen molar-refractivity contribution in [3.05, 3.63) is 66.0 Å². The van der Waals surface area contributed by atoms with Crippen LogP contribution in [-0.4, -0.2) is 40.6 Å². The second kappa shape index (κ2) is 9.64. The molecule has 0 saturated carbocycles. The molecule has 0 saturated heterocycles. The fourth-order valence-electron chi connectivity index (χ4n) is 2.89. The highest BCUT2D eigenvalue weighted by molar-refractivity contribution is 5.94. The van der Waals surface area contributed by atoms with E-state index in [4.69, 9.17) is 9.47 Å². The standard InChI is InChI=1S/C22H25N3O4/c1-3-28-19-11-10-16(14-20(19)29-4-2)12-13-23-22(27)21-18(26)15-25(24-21)17-8-6-5-7-9-17/h5-11,14-15,26H,3-4,12-13H2,1-2H3,(H,23,27). The van der Waals surface area contributed by atoms with Crippen LogP contribution in [0.2, 0.25) is 0 Å². The molecule has 0 aliphatic rings. The number of nitrogens with one attached hydrogen (secondary N) is 1. The van der Waals surface area contributed by atoms with Gasteiger partial charge in [0.05, 0.1) is 25.1 Å². The summed E-state index contributed by atoms with van der Waals surface area (Å²) in [4.78, 5) is 12.4. The van der Waals surface area contributed by atoms with Gasteiger partial charge in [-0.3, -0.25) is 4.79 Å². The lowest BCUT2D eigenvalue weighted by molar-refractivity contribution is 0.0946. The number of amides is 1. The highest BCUT2D eigenvalue weighted by Gasteiger charge is 2.17. The number of hydrogen-bond acceptors (Lipinski definition) is 5. The predicted molar refractivity (Wildman–Crippen MR) is 110 cm³/mol. The Morgan fingerprint density at radius 2 is 1.79 bits per heavy atom. The van der Waals surface area contributed by atoms with E-state index < -0.39 is 5.91 Å². The topological polar surface area (TPSA) is 85.6 Å². The van der Waals surface area contributed by atoms with E-state index >= 15 is 0 Å². The molecule has 0 radical (unpaired) electrons. The van der Waals surface area contributed by atoms with Gasteiger partial charge in [0.2, 0.25) is 0 Å². The monoisotopic (exact) mass is 395 g/mol. The molecule has 1 aromatic heterocycles. The Morgan fingerprint density at radius 1 is 1.07 bits per heavy atom. The molecule has 29 heavy (non-hydrogen) atoms. The van der Waals surface area contributed by atoms with Crippen LogP contribution in [0.25, 0.3) is 5.69 Å². The van der Waals surface area contributed by atoms with Gasteiger partial charge >= 0.3 is 0 Å². The number of nitrogens with zero attached hydrogens (tertiary/aromatic N) is 2. The van der Waals surface area contributed by atoms with Gasteiger partial charge in [-0.15, -0.1) is 0 Å². The zero-order valence-corrected chi connectivity index (χ0v) is 16.6. The van der Waals surface area contributed by atoms with E-state index in [1.807, 2.05) is 62.4 Å². The molecule has 0 aliphatic heterocycles. The van der Waals surface area contributed by atoms with Gasteiger partial charge < -0.3 is 19.9 Å². The van der Waals surface area contributed by atoms with Gasteiger partial charge in [0.25, 0.3) is 5.91 Å². The molecule has 3 aromatic rings. The minimum absolute atomic E-state index is 0.00412. The molecular formula is C22H25N3O4. The lowest BCUT2D eigenvalue weighted by atomic mass is 10.1. The van der Waals surface area contributed by atoms with Crippen LogP contribution in [0, 0.1) is 0 Å². The van der Waals surface area contributed by atoms with Crippen LogP contribution in [0.15, 0.2) is 54.7 Å². The third-order valence-corrected chi connectivity index (χ3v) is 4.24. The van der Waals surface area contributed by atoms with Crippen molar-refractivity contribution in [1.82, 2.24) is 15.1 Å². The van der Waals surface area contributed by atoms with Crippen molar-refractivity contribution >= 4 is 5.91 Å². The Labute approximate surface area is 169 Å². The largest absolute Gasteiger partial charge is 0.504 e. The van der Waals surface area contributed by atoms with E-state index in [9.17, 15) is 9.90 Å². The van der Waals surface area contributed by atoms with Gasteiger partial charge in [-0.05, 0) is 50.1 Å². The summed E-state index contributed by atoms with van der Waals surface area (Å²) in [5.41, 5.74) is 1.77. The third kappa shape index (κ3) is 5.07. The Kier molecular flexibility index (Phi) is 6.73. The fourth-order valence-corrected chi connectivity index (χ4v) is 2.89. The lowest BCUT2D eigenvalue weighted by Gasteiger charge is -2.12. The molecule has 0 fully saturated rings. The first-order valence-corrected chi connectivity index (χ1v) is 9.63. The number of carbonyl (C=O) groups excluding carboxylic acids is 1. The molecule has 3 rings (SSSR count). The molecule has 152 valence electrons. The number of rotatable bonds is 9. The van der Waals surface area contributed by atoms with Gasteiger partial charge in [0.1, 0.15) is 0 Å². The van der Waals surface area contributed by atoms with E-state index in [2.05, 4.69) is 10.4 Å². The molecule has 0 atom stereocenters. The van der Waals surface area contributed by atoms with Crippen molar-refractivity contribution in [3.63, 3.8) is 0 Å². The van der Waals surface area contributed by atoms with Gasteiger partial charge in [0, 0.05) is 6.54 Å². The molecule has 1 amide bonds. The average molecular weight is 395 g/mol. The molecule has 1 heterocycles. The lowest BCUT2D eigenvalue weighted by Crippen LogP contribution is -2.26. The molecule has 0 unspecified atom stereocenters. The fraction of sp³-hybridized carbons (Fsp3) is 0.273. The van der Waals surface area contributed by atoms with Crippen LogP contribution in [0.4, 0.5) is 0 Å². The van der Waals surface area contributed by atoms with Crippen molar-refractivity contribution in [1.29, 1.82) is 0 Å². The van der Waals surface area contributed by atoms with E-state index in [1.165, 1.54) is 10.9 Å². The van der Waals surface area contributed by atoms with Gasteiger partial charge in [-0.25, -0.2) is 4.68 Å². The summed E-state index contributed by atoms with van der Waals surface area (Å²) in [6.45, 7) is 5.35. The summed E-state index contributed by atoms with van der Waals surface area (Å²) in [7, 11) is 0. The zero-order chi connectivity index (χ0) is 20.6. The van der Waals surface area contributed by atoms with Gasteiger partial charge in [-0.1, -0.05) is 24.3 Å². The van der Waals surface area contributed by atoms with E-state index in [0.29, 0.717) is 37.7 Å². The average Bonchev–Trinajstić information content (AvgIpc) is 3.12. The first-order chi connectivity index (χ1) is 14.1. The number of carbonyl (C=O) groups is 1. The Morgan fingerprint density at radius 3 is 2.52 bits per heavy atom. The van der Waals surface area contributed by atoms with Gasteiger partial charge in [0.15, 0.2) is 22.9 Å². The molecule has 0 spiro atoms. The van der Waals surface area contributed by atoms with Crippen LogP contribution >= 0.6 is 0 Å². The summed E-state index contributed by atoms with van der Waals surface area (Å²) in [6, 6.07) is 15.0. The van der Waals surface area contributed by atoms with Crippen LogP contribution in [0.5, 0.6) is 17.2 Å². The minimum atomic E-state index is -0.423. The highest BCUT2D eigenvalue weighted by atomic mass is 16.5. The van der Waals surface area contributed by atoms with Crippen LogP contribution < -0.4 is 14.8 Å². The molecule has 2 N–H and O–H groups in total. The summed E-state index contributed by atoms with van der Waals surface area (Å²) < 4.78 is 12.7. The quantitative estimate of drug-likeness (QED) is 0.580. The smallest absolute Gasteiger partial charge is 0.275 e. The van der Waals surface area contributed by atoms with Crippen molar-refractivity contribution in [3.8, 4) is 22.9 Å². The van der Waals surface area contributed by atoms with Crippen LogP contribution in [0.1, 0.15) is 29.9 Å². The van der Waals surface area contributed by atoms with E-state index in [0.717, 1.165) is 11.3 Å². The molecule has 2 aromatic carbocycles. The van der Waals surface area contributed by atoms with Crippen LogP contribution in [-0.2, 0) is 6.42 Å².